The second-order valence-corrected chi connectivity index (χ2v) is 7.92. The topological polar surface area (TPSA) is 73.8 Å². The van der Waals surface area contributed by atoms with Crippen molar-refractivity contribution in [2.24, 2.45) is 4.99 Å². The van der Waals surface area contributed by atoms with E-state index >= 15 is 0 Å². The number of aliphatic imine (C=N–C) groups is 1. The highest BCUT2D eigenvalue weighted by atomic mass is 16.2. The first-order valence-electron chi connectivity index (χ1n) is 11.2. The molecule has 168 valence electrons. The van der Waals surface area contributed by atoms with Gasteiger partial charge in [-0.25, -0.2) is 9.79 Å². The van der Waals surface area contributed by atoms with E-state index in [1.54, 1.807) is 11.9 Å². The third-order valence-corrected chi connectivity index (χ3v) is 5.90. The number of benzene rings is 3. The third-order valence-electron chi connectivity index (χ3n) is 5.90. The fraction of sp³-hybridized carbons (Fsp3) is 0.222. The van der Waals surface area contributed by atoms with Crippen LogP contribution in [-0.2, 0) is 17.6 Å². The maximum atomic E-state index is 13.3. The molecule has 6 heteroatoms. The number of nitrogens with zero attached hydrogens (tertiary/aromatic N) is 2. The van der Waals surface area contributed by atoms with Gasteiger partial charge in [-0.1, -0.05) is 80.6 Å². The van der Waals surface area contributed by atoms with Gasteiger partial charge in [-0.2, -0.15) is 0 Å². The van der Waals surface area contributed by atoms with Crippen LogP contribution >= 0.6 is 0 Å². The van der Waals surface area contributed by atoms with Crippen molar-refractivity contribution in [1.82, 2.24) is 5.32 Å². The summed E-state index contributed by atoms with van der Waals surface area (Å²) in [6.45, 7) is 4.10. The van der Waals surface area contributed by atoms with E-state index < -0.39 is 12.2 Å². The highest BCUT2D eigenvalue weighted by molar-refractivity contribution is 6.20. The molecule has 1 aliphatic heterocycles. The number of anilines is 2. The molecule has 1 heterocycles. The summed E-state index contributed by atoms with van der Waals surface area (Å²) in [5.41, 5.74) is 6.03. The Morgan fingerprint density at radius 3 is 2.21 bits per heavy atom. The number of amides is 3. The zero-order valence-electron chi connectivity index (χ0n) is 19.1. The standard InChI is InChI=1S/C27H28N4O2/c1-4-18-14-11-15-19(5-2)23(18)29-27(33)30-25-26(32)31(3)22-17-10-9-16-21(22)24(28-25)20-12-7-6-8-13-20/h6-17,25H,4-5H2,1-3H3,(H2,29,30,33)/t25-/m0/s1. The molecule has 2 N–H and O–H groups in total. The Morgan fingerprint density at radius 1 is 0.909 bits per heavy atom. The molecule has 1 aliphatic rings. The first kappa shape index (κ1) is 22.3. The number of nitrogens with one attached hydrogen (secondary N) is 2. The molecule has 0 radical (unpaired) electrons. The highest BCUT2D eigenvalue weighted by Gasteiger charge is 2.31. The van der Waals surface area contributed by atoms with Crippen LogP contribution in [0, 0.1) is 0 Å². The molecule has 0 fully saturated rings. The molecule has 3 aromatic rings. The zero-order chi connectivity index (χ0) is 23.4. The molecule has 0 saturated heterocycles. The van der Waals surface area contributed by atoms with Gasteiger partial charge in [-0.3, -0.25) is 4.79 Å². The van der Waals surface area contributed by atoms with Crippen molar-refractivity contribution < 1.29 is 9.59 Å². The molecule has 3 aromatic carbocycles. The average molecular weight is 441 g/mol. The van der Waals surface area contributed by atoms with Gasteiger partial charge < -0.3 is 15.5 Å². The lowest BCUT2D eigenvalue weighted by Gasteiger charge is -2.21. The molecule has 0 spiro atoms. The summed E-state index contributed by atoms with van der Waals surface area (Å²) < 4.78 is 0. The summed E-state index contributed by atoms with van der Waals surface area (Å²) in [5.74, 6) is -0.303. The summed E-state index contributed by atoms with van der Waals surface area (Å²) in [6, 6.07) is 22.9. The first-order chi connectivity index (χ1) is 16.0. The van der Waals surface area contributed by atoms with Gasteiger partial charge >= 0.3 is 6.03 Å². The number of rotatable bonds is 5. The number of hydrogen-bond acceptors (Lipinski definition) is 3. The Morgan fingerprint density at radius 2 is 1.55 bits per heavy atom. The fourth-order valence-corrected chi connectivity index (χ4v) is 4.12. The number of likely N-dealkylation sites (N-methyl/N-ethyl adjacent to an activating group) is 1. The molecule has 3 amide bonds. The van der Waals surface area contributed by atoms with E-state index in [1.807, 2.05) is 72.8 Å². The molecule has 1 atom stereocenters. The first-order valence-corrected chi connectivity index (χ1v) is 11.2. The SMILES string of the molecule is CCc1cccc(CC)c1NC(=O)N[C@@H]1N=C(c2ccccc2)c2ccccc2N(C)C1=O. The largest absolute Gasteiger partial charge is 0.321 e. The molecule has 0 unspecified atom stereocenters. The van der Waals surface area contributed by atoms with Gasteiger partial charge in [0.15, 0.2) is 0 Å². The van der Waals surface area contributed by atoms with Crippen LogP contribution in [0.4, 0.5) is 16.2 Å². The summed E-state index contributed by atoms with van der Waals surface area (Å²) >= 11 is 0. The highest BCUT2D eigenvalue weighted by Crippen LogP contribution is 2.27. The van der Waals surface area contributed by atoms with Gasteiger partial charge in [0.2, 0.25) is 6.17 Å². The zero-order valence-corrected chi connectivity index (χ0v) is 19.1. The molecule has 0 saturated carbocycles. The van der Waals surface area contributed by atoms with E-state index in [2.05, 4.69) is 24.5 Å². The summed E-state index contributed by atoms with van der Waals surface area (Å²) in [6.07, 6.45) is 0.525. The van der Waals surface area contributed by atoms with Gasteiger partial charge in [0, 0.05) is 23.9 Å². The molecule has 33 heavy (non-hydrogen) atoms. The predicted octanol–water partition coefficient (Wildman–Crippen LogP) is 4.77. The van der Waals surface area contributed by atoms with Crippen molar-refractivity contribution in [2.75, 3.05) is 17.3 Å². The van der Waals surface area contributed by atoms with Crippen molar-refractivity contribution in [3.05, 3.63) is 95.1 Å². The Bertz CT molecular complexity index is 1180. The maximum Gasteiger partial charge on any atom is 0.321 e. The number of para-hydroxylation sites is 2. The number of carbonyl (C=O) groups excluding carboxylic acids is 2. The Hall–Kier alpha value is -3.93. The molecule has 4 rings (SSSR count). The normalized spacial score (nSPS) is 15.4. The molecule has 6 nitrogen and oxygen atoms in total. The van der Waals surface area contributed by atoms with E-state index in [0.29, 0.717) is 5.71 Å². The van der Waals surface area contributed by atoms with Crippen LogP contribution in [0.15, 0.2) is 77.8 Å². The number of benzodiazepines with no additional fused rings is 1. The second-order valence-electron chi connectivity index (χ2n) is 7.92. The quantitative estimate of drug-likeness (QED) is 0.600. The van der Waals surface area contributed by atoms with Crippen LogP contribution in [0.3, 0.4) is 0 Å². The second kappa shape index (κ2) is 9.69. The van der Waals surface area contributed by atoms with Gasteiger partial charge in [-0.05, 0) is 30.0 Å². The number of fused-ring (bicyclic) bond motifs is 1. The molecule has 0 bridgehead atoms. The molecule has 0 aliphatic carbocycles. The fourth-order valence-electron chi connectivity index (χ4n) is 4.12. The lowest BCUT2D eigenvalue weighted by atomic mass is 10.0. The maximum absolute atomic E-state index is 13.3. The van der Waals surface area contributed by atoms with E-state index in [-0.39, 0.29) is 5.91 Å². The van der Waals surface area contributed by atoms with Crippen LogP contribution < -0.4 is 15.5 Å². The van der Waals surface area contributed by atoms with Gasteiger partial charge in [0.1, 0.15) is 0 Å². The average Bonchev–Trinajstić information content (AvgIpc) is 2.95. The summed E-state index contributed by atoms with van der Waals surface area (Å²) in [7, 11) is 1.71. The van der Waals surface area contributed by atoms with Crippen LogP contribution in [0.2, 0.25) is 0 Å². The Labute approximate surface area is 194 Å². The van der Waals surface area contributed by atoms with E-state index in [9.17, 15) is 9.59 Å². The van der Waals surface area contributed by atoms with Crippen molar-refractivity contribution in [3.8, 4) is 0 Å². The van der Waals surface area contributed by atoms with Gasteiger partial charge in [0.05, 0.1) is 11.4 Å². The van der Waals surface area contributed by atoms with Crippen molar-refractivity contribution >= 4 is 29.0 Å². The molecular weight excluding hydrogens is 412 g/mol. The minimum atomic E-state index is -1.06. The third kappa shape index (κ3) is 4.51. The number of hydrogen-bond donors (Lipinski definition) is 2. The Balaban J connectivity index is 1.69. The minimum absolute atomic E-state index is 0.303. The van der Waals surface area contributed by atoms with E-state index in [4.69, 9.17) is 4.99 Å². The van der Waals surface area contributed by atoms with Gasteiger partial charge in [-0.15, -0.1) is 0 Å². The van der Waals surface area contributed by atoms with Crippen LogP contribution in [0.1, 0.15) is 36.1 Å². The van der Waals surface area contributed by atoms with Crippen LogP contribution in [-0.4, -0.2) is 30.9 Å². The summed E-state index contributed by atoms with van der Waals surface area (Å²) in [4.78, 5) is 32.6. The van der Waals surface area contributed by atoms with Crippen LogP contribution in [0.25, 0.3) is 0 Å². The van der Waals surface area contributed by atoms with Crippen molar-refractivity contribution in [1.29, 1.82) is 0 Å². The summed E-state index contributed by atoms with van der Waals surface area (Å²) in [5, 5.41) is 5.77. The predicted molar refractivity (Wildman–Crippen MR) is 133 cm³/mol. The molecule has 0 aromatic heterocycles. The number of aryl methyl sites for hydroxylation is 2. The number of urea groups is 1. The minimum Gasteiger partial charge on any atom is -0.311 e. The van der Waals surface area contributed by atoms with E-state index in [1.165, 1.54) is 0 Å². The van der Waals surface area contributed by atoms with Crippen LogP contribution in [0.5, 0.6) is 0 Å². The van der Waals surface area contributed by atoms with Crippen molar-refractivity contribution in [2.45, 2.75) is 32.9 Å². The Kier molecular flexibility index (Phi) is 6.54. The smallest absolute Gasteiger partial charge is 0.311 e. The number of carbonyl (C=O) groups is 2. The van der Waals surface area contributed by atoms with E-state index in [0.717, 1.165) is 46.5 Å². The lowest BCUT2D eigenvalue weighted by Crippen LogP contribution is -2.47. The monoisotopic (exact) mass is 440 g/mol. The van der Waals surface area contributed by atoms with Gasteiger partial charge in [0.25, 0.3) is 5.91 Å². The van der Waals surface area contributed by atoms with Crippen molar-refractivity contribution in [3.63, 3.8) is 0 Å². The molecular formula is C27H28N4O2. The lowest BCUT2D eigenvalue weighted by molar-refractivity contribution is -0.119.